The number of nitrogens with zero attached hydrogens (tertiary/aromatic N) is 1. The molecule has 80 valence electrons. The van der Waals surface area contributed by atoms with E-state index < -0.39 is 0 Å². The van der Waals surface area contributed by atoms with Gasteiger partial charge >= 0.3 is 0 Å². The van der Waals surface area contributed by atoms with E-state index in [-0.39, 0.29) is 6.10 Å². The van der Waals surface area contributed by atoms with E-state index in [1.165, 1.54) is 0 Å². The van der Waals surface area contributed by atoms with Crippen LogP contribution < -0.4 is 5.32 Å². The molecule has 0 spiro atoms. The van der Waals surface area contributed by atoms with Crippen molar-refractivity contribution < 1.29 is 9.15 Å². The Morgan fingerprint density at radius 2 is 2.21 bits per heavy atom. The number of aryl methyl sites for hydroxylation is 2. The van der Waals surface area contributed by atoms with Gasteiger partial charge in [-0.15, -0.1) is 0 Å². The molecule has 14 heavy (non-hydrogen) atoms. The van der Waals surface area contributed by atoms with Gasteiger partial charge in [0.25, 0.3) is 0 Å². The second-order valence-corrected chi connectivity index (χ2v) is 3.43. The van der Waals surface area contributed by atoms with Crippen LogP contribution in [0.1, 0.15) is 24.3 Å². The lowest BCUT2D eigenvalue weighted by Crippen LogP contribution is -2.23. The van der Waals surface area contributed by atoms with E-state index >= 15 is 0 Å². The van der Waals surface area contributed by atoms with Gasteiger partial charge in [0.05, 0.1) is 11.8 Å². The van der Waals surface area contributed by atoms with E-state index in [0.717, 1.165) is 18.0 Å². The van der Waals surface area contributed by atoms with Crippen molar-refractivity contribution in [2.45, 2.75) is 33.5 Å². The molecule has 1 rings (SSSR count). The lowest BCUT2D eigenvalue weighted by Gasteiger charge is -2.09. The number of oxazole rings is 1. The number of likely N-dealkylation sites (N-methyl/N-ethyl adjacent to an activating group) is 1. The zero-order valence-corrected chi connectivity index (χ0v) is 9.26. The van der Waals surface area contributed by atoms with E-state index in [9.17, 15) is 0 Å². The summed E-state index contributed by atoms with van der Waals surface area (Å²) in [5, 5.41) is 3.04. The minimum absolute atomic E-state index is 0.174. The molecular weight excluding hydrogens is 180 g/mol. The van der Waals surface area contributed by atoms with Crippen LogP contribution in [-0.4, -0.2) is 24.7 Å². The molecule has 1 heterocycles. The highest BCUT2D eigenvalue weighted by atomic mass is 16.5. The Balaban J connectivity index is 2.38. The summed E-state index contributed by atoms with van der Waals surface area (Å²) in [5.41, 5.74) is 0.935. The van der Waals surface area contributed by atoms with Crippen molar-refractivity contribution in [1.82, 2.24) is 10.3 Å². The minimum atomic E-state index is 0.174. The first kappa shape index (κ1) is 11.2. The van der Waals surface area contributed by atoms with Crippen molar-refractivity contribution in [3.8, 4) is 0 Å². The maximum absolute atomic E-state index is 5.52. The number of hydrogen-bond donors (Lipinski definition) is 1. The third-order valence-electron chi connectivity index (χ3n) is 2.06. The molecule has 1 aromatic heterocycles. The predicted octanol–water partition coefficient (Wildman–Crippen LogP) is 1.42. The summed E-state index contributed by atoms with van der Waals surface area (Å²) in [6.07, 6.45) is 0.174. The smallest absolute Gasteiger partial charge is 0.220 e. The third kappa shape index (κ3) is 3.12. The highest BCUT2D eigenvalue weighted by Crippen LogP contribution is 2.09. The molecule has 0 aliphatic rings. The zero-order valence-electron chi connectivity index (χ0n) is 9.26. The quantitative estimate of drug-likeness (QED) is 0.777. The van der Waals surface area contributed by atoms with E-state index in [2.05, 4.69) is 10.3 Å². The van der Waals surface area contributed by atoms with Crippen LogP contribution in [0.2, 0.25) is 0 Å². The number of nitrogens with one attached hydrogen (secondary N) is 1. The summed E-state index contributed by atoms with van der Waals surface area (Å²) < 4.78 is 10.9. The predicted molar refractivity (Wildman–Crippen MR) is 54.2 cm³/mol. The van der Waals surface area contributed by atoms with E-state index in [0.29, 0.717) is 12.5 Å². The van der Waals surface area contributed by atoms with Crippen molar-refractivity contribution in [3.05, 3.63) is 17.3 Å². The van der Waals surface area contributed by atoms with Crippen LogP contribution >= 0.6 is 0 Å². The molecule has 0 radical (unpaired) electrons. The molecule has 1 aromatic rings. The lowest BCUT2D eigenvalue weighted by atomic mass is 10.4. The SMILES string of the molecule is CNCC(C)OCc1nc(C)c(C)o1. The molecule has 0 aliphatic carbocycles. The Hall–Kier alpha value is -0.870. The molecule has 4 heteroatoms. The van der Waals surface area contributed by atoms with Crippen molar-refractivity contribution >= 4 is 0 Å². The van der Waals surface area contributed by atoms with Crippen LogP contribution in [0.5, 0.6) is 0 Å². The molecule has 1 N–H and O–H groups in total. The molecule has 4 nitrogen and oxygen atoms in total. The van der Waals surface area contributed by atoms with Crippen LogP contribution in [0.15, 0.2) is 4.42 Å². The zero-order chi connectivity index (χ0) is 10.6. The van der Waals surface area contributed by atoms with E-state index in [1.54, 1.807) is 0 Å². The lowest BCUT2D eigenvalue weighted by molar-refractivity contribution is 0.0411. The van der Waals surface area contributed by atoms with Gasteiger partial charge in [-0.1, -0.05) is 0 Å². The fourth-order valence-electron chi connectivity index (χ4n) is 1.16. The van der Waals surface area contributed by atoms with Gasteiger partial charge < -0.3 is 14.5 Å². The summed E-state index contributed by atoms with van der Waals surface area (Å²) in [6.45, 7) is 7.12. The Labute approximate surface area is 84.7 Å². The first-order valence-corrected chi connectivity index (χ1v) is 4.82. The van der Waals surface area contributed by atoms with Gasteiger partial charge in [-0.25, -0.2) is 4.98 Å². The average Bonchev–Trinajstić information content (AvgIpc) is 2.44. The molecule has 0 bridgehead atoms. The van der Waals surface area contributed by atoms with Crippen LogP contribution in [0, 0.1) is 13.8 Å². The summed E-state index contributed by atoms with van der Waals surface area (Å²) in [6, 6.07) is 0. The summed E-state index contributed by atoms with van der Waals surface area (Å²) in [4.78, 5) is 4.23. The van der Waals surface area contributed by atoms with Crippen LogP contribution in [0.4, 0.5) is 0 Å². The fourth-order valence-corrected chi connectivity index (χ4v) is 1.16. The Kier molecular flexibility index (Phi) is 4.10. The van der Waals surface area contributed by atoms with Crippen molar-refractivity contribution in [1.29, 1.82) is 0 Å². The van der Waals surface area contributed by atoms with Gasteiger partial charge in [0.2, 0.25) is 5.89 Å². The second kappa shape index (κ2) is 5.12. The van der Waals surface area contributed by atoms with Gasteiger partial charge in [-0.2, -0.15) is 0 Å². The minimum Gasteiger partial charge on any atom is -0.443 e. The molecule has 0 fully saturated rings. The molecule has 1 atom stereocenters. The maximum Gasteiger partial charge on any atom is 0.220 e. The highest BCUT2D eigenvalue weighted by Gasteiger charge is 2.07. The highest BCUT2D eigenvalue weighted by molar-refractivity contribution is 5.04. The van der Waals surface area contributed by atoms with Gasteiger partial charge in [0, 0.05) is 6.54 Å². The van der Waals surface area contributed by atoms with E-state index in [4.69, 9.17) is 9.15 Å². The van der Waals surface area contributed by atoms with Gasteiger partial charge in [0.15, 0.2) is 0 Å². The van der Waals surface area contributed by atoms with Crippen LogP contribution in [0.25, 0.3) is 0 Å². The molecule has 0 saturated carbocycles. The molecule has 0 saturated heterocycles. The van der Waals surface area contributed by atoms with Crippen LogP contribution in [-0.2, 0) is 11.3 Å². The van der Waals surface area contributed by atoms with Crippen LogP contribution in [0.3, 0.4) is 0 Å². The average molecular weight is 198 g/mol. The number of ether oxygens (including phenoxy) is 1. The topological polar surface area (TPSA) is 47.3 Å². The third-order valence-corrected chi connectivity index (χ3v) is 2.06. The fraction of sp³-hybridized carbons (Fsp3) is 0.700. The van der Waals surface area contributed by atoms with E-state index in [1.807, 2.05) is 27.8 Å². The second-order valence-electron chi connectivity index (χ2n) is 3.43. The van der Waals surface area contributed by atoms with Crippen molar-refractivity contribution in [2.24, 2.45) is 0 Å². The summed E-state index contributed by atoms with van der Waals surface area (Å²) in [5.74, 6) is 1.52. The first-order chi connectivity index (χ1) is 6.63. The Morgan fingerprint density at radius 1 is 1.50 bits per heavy atom. The van der Waals surface area contributed by atoms with Crippen molar-refractivity contribution in [2.75, 3.05) is 13.6 Å². The largest absolute Gasteiger partial charge is 0.443 e. The monoisotopic (exact) mass is 198 g/mol. The number of aromatic nitrogens is 1. The summed E-state index contributed by atoms with van der Waals surface area (Å²) >= 11 is 0. The molecular formula is C10H18N2O2. The molecule has 1 unspecified atom stereocenters. The maximum atomic E-state index is 5.52. The van der Waals surface area contributed by atoms with Gasteiger partial charge in [-0.3, -0.25) is 0 Å². The molecule has 0 aliphatic heterocycles. The summed E-state index contributed by atoms with van der Waals surface area (Å²) in [7, 11) is 1.90. The Morgan fingerprint density at radius 3 is 2.71 bits per heavy atom. The molecule has 0 aromatic carbocycles. The standard InChI is InChI=1S/C10H18N2O2/c1-7(5-11-4)13-6-10-12-8(2)9(3)14-10/h7,11H,5-6H2,1-4H3. The number of hydrogen-bond acceptors (Lipinski definition) is 4. The Bertz CT molecular complexity index is 264. The van der Waals surface area contributed by atoms with Crippen molar-refractivity contribution in [3.63, 3.8) is 0 Å². The molecule has 0 amide bonds. The normalized spacial score (nSPS) is 13.1. The van der Waals surface area contributed by atoms with Gasteiger partial charge in [0.1, 0.15) is 12.4 Å². The number of rotatable bonds is 5. The van der Waals surface area contributed by atoms with Gasteiger partial charge in [-0.05, 0) is 27.8 Å². The first-order valence-electron chi connectivity index (χ1n) is 4.82.